The minimum Gasteiger partial charge on any atom is -0.313 e. The maximum Gasteiger partial charge on any atom is 0.0676 e. The number of nitrogens with one attached hydrogen (secondary N) is 1. The summed E-state index contributed by atoms with van der Waals surface area (Å²) in [6.07, 6.45) is 9.21. The number of aryl methyl sites for hydroxylation is 2. The van der Waals surface area contributed by atoms with E-state index in [-0.39, 0.29) is 0 Å². The predicted molar refractivity (Wildman–Crippen MR) is 79.1 cm³/mol. The molecular formula is C16H27N3. The van der Waals surface area contributed by atoms with Crippen LogP contribution in [0.5, 0.6) is 0 Å². The summed E-state index contributed by atoms with van der Waals surface area (Å²) in [4.78, 5) is 0. The highest BCUT2D eigenvalue weighted by molar-refractivity contribution is 5.25. The first kappa shape index (κ1) is 14.4. The van der Waals surface area contributed by atoms with E-state index in [0.29, 0.717) is 6.04 Å². The molecule has 2 rings (SSSR count). The third kappa shape index (κ3) is 3.53. The molecule has 3 nitrogen and oxygen atoms in total. The van der Waals surface area contributed by atoms with Crippen LogP contribution in [0, 0.1) is 12.8 Å². The van der Waals surface area contributed by atoms with E-state index in [1.807, 2.05) is 6.92 Å². The van der Waals surface area contributed by atoms with Crippen LogP contribution in [-0.2, 0) is 6.42 Å². The minimum atomic E-state index is 0.447. The third-order valence-electron chi connectivity index (χ3n) is 4.38. The molecule has 0 aromatic carbocycles. The van der Waals surface area contributed by atoms with Crippen molar-refractivity contribution in [2.24, 2.45) is 5.92 Å². The topological polar surface area (TPSA) is 37.8 Å². The number of aromatic nitrogens is 2. The Morgan fingerprint density at radius 2 is 1.89 bits per heavy atom. The molecular weight excluding hydrogens is 234 g/mol. The molecule has 1 atom stereocenters. The molecule has 0 amide bonds. The van der Waals surface area contributed by atoms with Gasteiger partial charge >= 0.3 is 0 Å². The van der Waals surface area contributed by atoms with Gasteiger partial charge in [0.05, 0.1) is 11.4 Å². The fraction of sp³-hybridized carbons (Fsp3) is 0.750. The zero-order valence-corrected chi connectivity index (χ0v) is 12.6. The van der Waals surface area contributed by atoms with Crippen molar-refractivity contribution < 1.29 is 0 Å². The van der Waals surface area contributed by atoms with E-state index in [1.54, 1.807) is 0 Å². The summed E-state index contributed by atoms with van der Waals surface area (Å²) >= 11 is 0. The van der Waals surface area contributed by atoms with Crippen molar-refractivity contribution in [1.29, 1.82) is 0 Å². The van der Waals surface area contributed by atoms with Crippen LogP contribution in [0.2, 0.25) is 0 Å². The van der Waals surface area contributed by atoms with Gasteiger partial charge in [-0.2, -0.15) is 10.2 Å². The molecule has 106 valence electrons. The van der Waals surface area contributed by atoms with Gasteiger partial charge in [-0.25, -0.2) is 0 Å². The van der Waals surface area contributed by atoms with Crippen LogP contribution in [0.15, 0.2) is 6.07 Å². The van der Waals surface area contributed by atoms with E-state index >= 15 is 0 Å². The quantitative estimate of drug-likeness (QED) is 0.842. The van der Waals surface area contributed by atoms with Gasteiger partial charge in [-0.3, -0.25) is 0 Å². The maximum absolute atomic E-state index is 4.39. The highest BCUT2D eigenvalue weighted by Crippen LogP contribution is 2.34. The van der Waals surface area contributed by atoms with Gasteiger partial charge in [-0.1, -0.05) is 32.6 Å². The Balaban J connectivity index is 2.26. The van der Waals surface area contributed by atoms with Gasteiger partial charge in [0.25, 0.3) is 0 Å². The first-order valence-electron chi connectivity index (χ1n) is 7.76. The van der Waals surface area contributed by atoms with Crippen LogP contribution in [0.4, 0.5) is 0 Å². The van der Waals surface area contributed by atoms with Gasteiger partial charge < -0.3 is 5.32 Å². The van der Waals surface area contributed by atoms with Crippen molar-refractivity contribution in [2.75, 3.05) is 7.05 Å². The smallest absolute Gasteiger partial charge is 0.0676 e. The van der Waals surface area contributed by atoms with Crippen LogP contribution in [0.25, 0.3) is 0 Å². The molecule has 0 aliphatic heterocycles. The highest BCUT2D eigenvalue weighted by atomic mass is 15.1. The molecule has 0 bridgehead atoms. The van der Waals surface area contributed by atoms with E-state index in [9.17, 15) is 0 Å². The van der Waals surface area contributed by atoms with E-state index in [2.05, 4.69) is 35.6 Å². The Bertz CT molecular complexity index is 395. The second-order valence-electron chi connectivity index (χ2n) is 5.76. The minimum absolute atomic E-state index is 0.447. The molecule has 0 spiro atoms. The molecule has 1 aromatic heterocycles. The second-order valence-corrected chi connectivity index (χ2v) is 5.76. The SMILES string of the molecule is CCc1nnc(C)cc1C(NC)C1CCCCCC1. The average molecular weight is 261 g/mol. The van der Waals surface area contributed by atoms with Gasteiger partial charge in [0.1, 0.15) is 0 Å². The molecule has 1 aromatic rings. The van der Waals surface area contributed by atoms with Crippen molar-refractivity contribution in [2.45, 2.75) is 64.8 Å². The molecule has 19 heavy (non-hydrogen) atoms. The molecule has 1 fully saturated rings. The predicted octanol–water partition coefficient (Wildman–Crippen LogP) is 3.58. The normalized spacial score (nSPS) is 19.1. The molecule has 1 N–H and O–H groups in total. The first-order chi connectivity index (χ1) is 9.26. The van der Waals surface area contributed by atoms with Crippen molar-refractivity contribution in [3.63, 3.8) is 0 Å². The van der Waals surface area contributed by atoms with Gasteiger partial charge in [-0.05, 0) is 50.8 Å². The maximum atomic E-state index is 4.39. The van der Waals surface area contributed by atoms with E-state index in [1.165, 1.54) is 44.1 Å². The van der Waals surface area contributed by atoms with Crippen LogP contribution < -0.4 is 5.32 Å². The lowest BCUT2D eigenvalue weighted by molar-refractivity contribution is 0.338. The summed E-state index contributed by atoms with van der Waals surface area (Å²) in [5.74, 6) is 0.751. The molecule has 0 radical (unpaired) electrons. The monoisotopic (exact) mass is 261 g/mol. The Morgan fingerprint density at radius 1 is 1.21 bits per heavy atom. The molecule has 3 heteroatoms. The summed E-state index contributed by atoms with van der Waals surface area (Å²) in [5, 5.41) is 12.2. The number of hydrogen-bond acceptors (Lipinski definition) is 3. The van der Waals surface area contributed by atoms with E-state index < -0.39 is 0 Å². The van der Waals surface area contributed by atoms with Crippen molar-refractivity contribution in [1.82, 2.24) is 15.5 Å². The number of rotatable bonds is 4. The Hall–Kier alpha value is -0.960. The van der Waals surface area contributed by atoms with Crippen LogP contribution >= 0.6 is 0 Å². The Labute approximate surface area is 117 Å². The van der Waals surface area contributed by atoms with Gasteiger partial charge in [0.2, 0.25) is 0 Å². The second kappa shape index (κ2) is 6.99. The average Bonchev–Trinajstić information content (AvgIpc) is 2.69. The fourth-order valence-corrected chi connectivity index (χ4v) is 3.37. The highest BCUT2D eigenvalue weighted by Gasteiger charge is 2.25. The van der Waals surface area contributed by atoms with Gasteiger partial charge in [0.15, 0.2) is 0 Å². The zero-order valence-electron chi connectivity index (χ0n) is 12.6. The number of hydrogen-bond donors (Lipinski definition) is 1. The largest absolute Gasteiger partial charge is 0.313 e. The molecule has 1 aliphatic carbocycles. The van der Waals surface area contributed by atoms with Gasteiger partial charge in [-0.15, -0.1) is 0 Å². The molecule has 1 saturated carbocycles. The molecule has 0 saturated heterocycles. The summed E-state index contributed by atoms with van der Waals surface area (Å²) in [6, 6.07) is 2.68. The summed E-state index contributed by atoms with van der Waals surface area (Å²) in [6.45, 7) is 4.21. The summed E-state index contributed by atoms with van der Waals surface area (Å²) < 4.78 is 0. The van der Waals surface area contributed by atoms with Crippen LogP contribution in [0.1, 0.15) is 68.4 Å². The lowest BCUT2D eigenvalue weighted by Crippen LogP contribution is -2.27. The molecule has 1 heterocycles. The summed E-state index contributed by atoms with van der Waals surface area (Å²) in [7, 11) is 2.09. The van der Waals surface area contributed by atoms with Crippen molar-refractivity contribution in [3.8, 4) is 0 Å². The van der Waals surface area contributed by atoms with Crippen LogP contribution in [-0.4, -0.2) is 17.2 Å². The van der Waals surface area contributed by atoms with Gasteiger partial charge in [0, 0.05) is 6.04 Å². The molecule has 1 aliphatic rings. The Kier molecular flexibility index (Phi) is 5.32. The summed E-state index contributed by atoms with van der Waals surface area (Å²) in [5.41, 5.74) is 3.57. The third-order valence-corrected chi connectivity index (χ3v) is 4.38. The van der Waals surface area contributed by atoms with E-state index in [4.69, 9.17) is 0 Å². The standard InChI is InChI=1S/C16H27N3/c1-4-15-14(11-12(2)18-19-15)16(17-3)13-9-7-5-6-8-10-13/h11,13,16-17H,4-10H2,1-3H3. The number of nitrogens with zero attached hydrogens (tertiary/aromatic N) is 2. The molecule has 1 unspecified atom stereocenters. The lowest BCUT2D eigenvalue weighted by Gasteiger charge is -2.27. The lowest BCUT2D eigenvalue weighted by atomic mass is 9.86. The Morgan fingerprint density at radius 3 is 2.47 bits per heavy atom. The first-order valence-corrected chi connectivity index (χ1v) is 7.76. The van der Waals surface area contributed by atoms with Crippen LogP contribution in [0.3, 0.4) is 0 Å². The fourth-order valence-electron chi connectivity index (χ4n) is 3.37. The van der Waals surface area contributed by atoms with E-state index in [0.717, 1.165) is 23.7 Å². The zero-order chi connectivity index (χ0) is 13.7. The van der Waals surface area contributed by atoms with Crippen molar-refractivity contribution >= 4 is 0 Å². The van der Waals surface area contributed by atoms with Crippen molar-refractivity contribution in [3.05, 3.63) is 23.0 Å².